The van der Waals surface area contributed by atoms with E-state index in [1.54, 1.807) is 26.0 Å². The Morgan fingerprint density at radius 1 is 1.38 bits per heavy atom. The van der Waals surface area contributed by atoms with Gasteiger partial charge in [0.15, 0.2) is 0 Å². The van der Waals surface area contributed by atoms with Crippen molar-refractivity contribution in [3.05, 3.63) is 47.4 Å². The van der Waals surface area contributed by atoms with Crippen LogP contribution in [0, 0.1) is 12.7 Å². The molecule has 0 atom stereocenters. The number of benzene rings is 1. The first-order chi connectivity index (χ1) is 10.0. The zero-order valence-electron chi connectivity index (χ0n) is 11.7. The molecule has 2 rings (SSSR count). The first kappa shape index (κ1) is 14.8. The van der Waals surface area contributed by atoms with Gasteiger partial charge in [0, 0.05) is 12.3 Å². The third-order valence-corrected chi connectivity index (χ3v) is 2.81. The summed E-state index contributed by atoms with van der Waals surface area (Å²) >= 11 is 0. The van der Waals surface area contributed by atoms with Gasteiger partial charge in [0.25, 0.3) is 0 Å². The number of ether oxygens (including phenoxy) is 2. The Kier molecular flexibility index (Phi) is 4.37. The average molecular weight is 290 g/mol. The molecule has 0 bridgehead atoms. The van der Waals surface area contributed by atoms with Crippen LogP contribution in [-0.2, 0) is 4.74 Å². The molecular formula is C15H15FN2O3. The van der Waals surface area contributed by atoms with Crippen molar-refractivity contribution in [2.75, 3.05) is 12.3 Å². The summed E-state index contributed by atoms with van der Waals surface area (Å²) in [6, 6.07) is 5.84. The molecule has 0 aliphatic rings. The lowest BCUT2D eigenvalue weighted by molar-refractivity contribution is 0.0527. The fourth-order valence-corrected chi connectivity index (χ4v) is 1.67. The first-order valence-electron chi connectivity index (χ1n) is 6.38. The molecule has 0 unspecified atom stereocenters. The molecule has 0 saturated heterocycles. The van der Waals surface area contributed by atoms with Crippen molar-refractivity contribution in [1.82, 2.24) is 4.98 Å². The van der Waals surface area contributed by atoms with Crippen molar-refractivity contribution in [3.8, 4) is 11.6 Å². The van der Waals surface area contributed by atoms with Gasteiger partial charge in [0.1, 0.15) is 17.3 Å². The van der Waals surface area contributed by atoms with Crippen LogP contribution >= 0.6 is 0 Å². The van der Waals surface area contributed by atoms with Crippen molar-refractivity contribution in [2.45, 2.75) is 13.8 Å². The number of halogens is 1. The number of pyridine rings is 1. The Morgan fingerprint density at radius 2 is 2.14 bits per heavy atom. The van der Waals surface area contributed by atoms with Gasteiger partial charge in [-0.05, 0) is 31.5 Å². The molecule has 1 aromatic heterocycles. The molecule has 0 fully saturated rings. The van der Waals surface area contributed by atoms with Gasteiger partial charge in [-0.25, -0.2) is 14.2 Å². The molecule has 21 heavy (non-hydrogen) atoms. The minimum Gasteiger partial charge on any atom is -0.462 e. The minimum atomic E-state index is -0.558. The van der Waals surface area contributed by atoms with Gasteiger partial charge in [0.05, 0.1) is 12.2 Å². The zero-order valence-corrected chi connectivity index (χ0v) is 11.7. The number of hydrogen-bond acceptors (Lipinski definition) is 5. The molecule has 1 aromatic carbocycles. The maximum Gasteiger partial charge on any atom is 0.340 e. The van der Waals surface area contributed by atoms with Gasteiger partial charge in [-0.15, -0.1) is 0 Å². The number of carbonyl (C=O) groups excluding carboxylic acids is 1. The van der Waals surface area contributed by atoms with Gasteiger partial charge in [-0.3, -0.25) is 0 Å². The van der Waals surface area contributed by atoms with Gasteiger partial charge in [-0.1, -0.05) is 6.07 Å². The SMILES string of the molecule is CCOC(=O)c1ccnc(Oc2ccc(C)c(F)c2)c1N. The number of carbonyl (C=O) groups is 1. The second-order valence-corrected chi connectivity index (χ2v) is 4.31. The summed E-state index contributed by atoms with van der Waals surface area (Å²) in [5.41, 5.74) is 6.57. The lowest BCUT2D eigenvalue weighted by Gasteiger charge is -2.10. The number of rotatable bonds is 4. The predicted molar refractivity (Wildman–Crippen MR) is 75.8 cm³/mol. The van der Waals surface area contributed by atoms with E-state index in [-0.39, 0.29) is 29.5 Å². The van der Waals surface area contributed by atoms with Crippen molar-refractivity contribution in [3.63, 3.8) is 0 Å². The maximum atomic E-state index is 13.5. The van der Waals surface area contributed by atoms with Crippen LogP contribution in [-0.4, -0.2) is 17.6 Å². The zero-order chi connectivity index (χ0) is 15.4. The van der Waals surface area contributed by atoms with Gasteiger partial charge in [0.2, 0.25) is 5.88 Å². The number of nitrogen functional groups attached to an aromatic ring is 1. The lowest BCUT2D eigenvalue weighted by atomic mass is 10.2. The molecular weight excluding hydrogens is 275 g/mol. The van der Waals surface area contributed by atoms with Crippen LogP contribution in [0.5, 0.6) is 11.6 Å². The summed E-state index contributed by atoms with van der Waals surface area (Å²) in [5, 5.41) is 0. The highest BCUT2D eigenvalue weighted by molar-refractivity contribution is 5.96. The van der Waals surface area contributed by atoms with Crippen molar-refractivity contribution < 1.29 is 18.7 Å². The van der Waals surface area contributed by atoms with E-state index in [1.807, 2.05) is 0 Å². The van der Waals surface area contributed by atoms with Crippen molar-refractivity contribution in [2.24, 2.45) is 0 Å². The van der Waals surface area contributed by atoms with Crippen molar-refractivity contribution >= 4 is 11.7 Å². The van der Waals surface area contributed by atoms with E-state index in [0.717, 1.165) is 0 Å². The Labute approximate surface area is 121 Å². The Hall–Kier alpha value is -2.63. The molecule has 110 valence electrons. The van der Waals surface area contributed by atoms with Gasteiger partial charge < -0.3 is 15.2 Å². The predicted octanol–water partition coefficient (Wildman–Crippen LogP) is 3.08. The fourth-order valence-electron chi connectivity index (χ4n) is 1.67. The van der Waals surface area contributed by atoms with E-state index in [1.165, 1.54) is 18.3 Å². The van der Waals surface area contributed by atoms with E-state index < -0.39 is 11.8 Å². The molecule has 0 radical (unpaired) electrons. The molecule has 0 spiro atoms. The fraction of sp³-hybridized carbons (Fsp3) is 0.200. The lowest BCUT2D eigenvalue weighted by Crippen LogP contribution is -2.09. The van der Waals surface area contributed by atoms with E-state index in [0.29, 0.717) is 5.56 Å². The second kappa shape index (κ2) is 6.21. The Balaban J connectivity index is 2.30. The first-order valence-corrected chi connectivity index (χ1v) is 6.38. The molecule has 0 amide bonds. The summed E-state index contributed by atoms with van der Waals surface area (Å²) < 4.78 is 23.8. The van der Waals surface area contributed by atoms with Crippen LogP contribution in [0.25, 0.3) is 0 Å². The summed E-state index contributed by atoms with van der Waals surface area (Å²) in [6.45, 7) is 3.58. The largest absolute Gasteiger partial charge is 0.462 e. The molecule has 2 N–H and O–H groups in total. The minimum absolute atomic E-state index is 0.0313. The molecule has 6 heteroatoms. The monoisotopic (exact) mass is 290 g/mol. The van der Waals surface area contributed by atoms with Gasteiger partial charge in [-0.2, -0.15) is 0 Å². The van der Waals surface area contributed by atoms with Crippen LogP contribution in [0.4, 0.5) is 10.1 Å². The normalized spacial score (nSPS) is 10.2. The number of esters is 1. The smallest absolute Gasteiger partial charge is 0.340 e. The van der Waals surface area contributed by atoms with Crippen LogP contribution in [0.2, 0.25) is 0 Å². The molecule has 5 nitrogen and oxygen atoms in total. The average Bonchev–Trinajstić information content (AvgIpc) is 2.45. The van der Waals surface area contributed by atoms with E-state index in [9.17, 15) is 9.18 Å². The van der Waals surface area contributed by atoms with Gasteiger partial charge >= 0.3 is 5.97 Å². The van der Waals surface area contributed by atoms with Crippen LogP contribution in [0.1, 0.15) is 22.8 Å². The molecule has 0 aliphatic carbocycles. The Bertz CT molecular complexity index is 674. The number of aromatic nitrogens is 1. The van der Waals surface area contributed by atoms with Crippen LogP contribution in [0.3, 0.4) is 0 Å². The number of aryl methyl sites for hydroxylation is 1. The second-order valence-electron chi connectivity index (χ2n) is 4.31. The number of nitrogens with zero attached hydrogens (tertiary/aromatic N) is 1. The van der Waals surface area contributed by atoms with E-state index >= 15 is 0 Å². The highest BCUT2D eigenvalue weighted by Crippen LogP contribution is 2.28. The summed E-state index contributed by atoms with van der Waals surface area (Å²) in [4.78, 5) is 15.7. The third-order valence-electron chi connectivity index (χ3n) is 2.81. The van der Waals surface area contributed by atoms with Crippen molar-refractivity contribution in [1.29, 1.82) is 0 Å². The maximum absolute atomic E-state index is 13.5. The summed E-state index contributed by atoms with van der Waals surface area (Å²) in [7, 11) is 0. The molecule has 2 aromatic rings. The summed E-state index contributed by atoms with van der Waals surface area (Å²) in [5.74, 6) is -0.674. The quantitative estimate of drug-likeness (QED) is 0.876. The summed E-state index contributed by atoms with van der Waals surface area (Å²) in [6.07, 6.45) is 1.38. The highest BCUT2D eigenvalue weighted by Gasteiger charge is 2.16. The van der Waals surface area contributed by atoms with E-state index in [4.69, 9.17) is 15.2 Å². The number of nitrogens with two attached hydrogens (primary N) is 1. The Morgan fingerprint density at radius 3 is 2.81 bits per heavy atom. The van der Waals surface area contributed by atoms with E-state index in [2.05, 4.69) is 4.98 Å². The topological polar surface area (TPSA) is 74.4 Å². The highest BCUT2D eigenvalue weighted by atomic mass is 19.1. The molecule has 0 aliphatic heterocycles. The number of anilines is 1. The number of hydrogen-bond donors (Lipinski definition) is 1. The molecule has 1 heterocycles. The standard InChI is InChI=1S/C15H15FN2O3/c1-3-20-15(19)11-6-7-18-14(13(11)17)21-10-5-4-9(2)12(16)8-10/h4-8H,3,17H2,1-2H3. The van der Waals surface area contributed by atoms with Crippen LogP contribution in [0.15, 0.2) is 30.5 Å². The van der Waals surface area contributed by atoms with Crippen LogP contribution < -0.4 is 10.5 Å². The molecule has 0 saturated carbocycles. The third kappa shape index (κ3) is 3.28.